The second kappa shape index (κ2) is 5.12. The number of benzene rings is 1. The molecular weight excluding hydrogens is 191 g/mol. The summed E-state index contributed by atoms with van der Waals surface area (Å²) in [7, 11) is 3.93. The quantitative estimate of drug-likeness (QED) is 0.821. The standard InChI is InChI=1S/C12H19FN2/c1-9(2)14-8-10-7-11(13)5-6-12(10)15(3)4/h5-7,9,14H,8H2,1-4H3. The summed E-state index contributed by atoms with van der Waals surface area (Å²) in [4.78, 5) is 2.00. The Labute approximate surface area is 91.1 Å². The highest BCUT2D eigenvalue weighted by Gasteiger charge is 2.06. The molecule has 0 saturated heterocycles. The smallest absolute Gasteiger partial charge is 0.123 e. The first-order chi connectivity index (χ1) is 7.00. The fourth-order valence-electron chi connectivity index (χ4n) is 1.45. The van der Waals surface area contributed by atoms with Gasteiger partial charge in [-0.2, -0.15) is 0 Å². The van der Waals surface area contributed by atoms with Crippen molar-refractivity contribution in [2.45, 2.75) is 26.4 Å². The Bertz CT molecular complexity index is 321. The summed E-state index contributed by atoms with van der Waals surface area (Å²) in [6.07, 6.45) is 0. The molecule has 0 radical (unpaired) electrons. The van der Waals surface area contributed by atoms with Gasteiger partial charge in [0.15, 0.2) is 0 Å². The number of halogens is 1. The molecule has 0 fully saturated rings. The highest BCUT2D eigenvalue weighted by atomic mass is 19.1. The number of hydrogen-bond donors (Lipinski definition) is 1. The number of hydrogen-bond acceptors (Lipinski definition) is 2. The highest BCUT2D eigenvalue weighted by Crippen LogP contribution is 2.19. The molecule has 0 heterocycles. The maximum atomic E-state index is 13.1. The molecule has 1 aromatic carbocycles. The van der Waals surface area contributed by atoms with Crippen LogP contribution in [0.15, 0.2) is 18.2 Å². The third-order valence-electron chi connectivity index (χ3n) is 2.22. The Morgan fingerprint density at radius 3 is 2.53 bits per heavy atom. The average molecular weight is 210 g/mol. The van der Waals surface area contributed by atoms with Crippen molar-refractivity contribution in [1.82, 2.24) is 5.32 Å². The number of nitrogens with zero attached hydrogens (tertiary/aromatic N) is 1. The van der Waals surface area contributed by atoms with E-state index in [0.717, 1.165) is 11.3 Å². The summed E-state index contributed by atoms with van der Waals surface area (Å²) in [6, 6.07) is 5.30. The summed E-state index contributed by atoms with van der Waals surface area (Å²) in [6.45, 7) is 4.85. The molecule has 2 nitrogen and oxygen atoms in total. The molecule has 0 aromatic heterocycles. The van der Waals surface area contributed by atoms with Gasteiger partial charge in [-0.05, 0) is 23.8 Å². The monoisotopic (exact) mass is 210 g/mol. The number of anilines is 1. The van der Waals surface area contributed by atoms with E-state index >= 15 is 0 Å². The summed E-state index contributed by atoms with van der Waals surface area (Å²) in [5, 5.41) is 3.29. The van der Waals surface area contributed by atoms with Crippen LogP contribution in [0.2, 0.25) is 0 Å². The zero-order valence-corrected chi connectivity index (χ0v) is 9.84. The zero-order valence-electron chi connectivity index (χ0n) is 9.84. The van der Waals surface area contributed by atoms with Crippen LogP contribution in [0.3, 0.4) is 0 Å². The SMILES string of the molecule is CC(C)NCc1cc(F)ccc1N(C)C. The lowest BCUT2D eigenvalue weighted by molar-refractivity contribution is 0.581. The van der Waals surface area contributed by atoms with Gasteiger partial charge >= 0.3 is 0 Å². The van der Waals surface area contributed by atoms with E-state index in [-0.39, 0.29) is 5.82 Å². The normalized spacial score (nSPS) is 10.8. The fraction of sp³-hybridized carbons (Fsp3) is 0.500. The van der Waals surface area contributed by atoms with Gasteiger partial charge in [0.1, 0.15) is 5.82 Å². The van der Waals surface area contributed by atoms with Gasteiger partial charge in [-0.25, -0.2) is 4.39 Å². The molecule has 0 aliphatic rings. The summed E-state index contributed by atoms with van der Waals surface area (Å²) in [5.74, 6) is -0.179. The van der Waals surface area contributed by atoms with E-state index in [0.29, 0.717) is 12.6 Å². The van der Waals surface area contributed by atoms with Gasteiger partial charge in [0, 0.05) is 32.4 Å². The van der Waals surface area contributed by atoms with E-state index in [1.54, 1.807) is 6.07 Å². The molecule has 0 amide bonds. The third-order valence-corrected chi connectivity index (χ3v) is 2.22. The largest absolute Gasteiger partial charge is 0.377 e. The lowest BCUT2D eigenvalue weighted by Gasteiger charge is -2.18. The van der Waals surface area contributed by atoms with Gasteiger partial charge in [-0.1, -0.05) is 13.8 Å². The molecular formula is C12H19FN2. The third kappa shape index (κ3) is 3.51. The lowest BCUT2D eigenvalue weighted by atomic mass is 10.1. The predicted molar refractivity (Wildman–Crippen MR) is 62.7 cm³/mol. The van der Waals surface area contributed by atoms with Gasteiger partial charge in [-0.3, -0.25) is 0 Å². The molecule has 15 heavy (non-hydrogen) atoms. The average Bonchev–Trinajstić information content (AvgIpc) is 2.14. The lowest BCUT2D eigenvalue weighted by Crippen LogP contribution is -2.23. The van der Waals surface area contributed by atoms with Gasteiger partial charge in [0.25, 0.3) is 0 Å². The minimum Gasteiger partial charge on any atom is -0.377 e. The second-order valence-corrected chi connectivity index (χ2v) is 4.20. The van der Waals surface area contributed by atoms with Crippen LogP contribution in [0.25, 0.3) is 0 Å². The first-order valence-electron chi connectivity index (χ1n) is 5.20. The summed E-state index contributed by atoms with van der Waals surface area (Å²) >= 11 is 0. The molecule has 0 spiro atoms. The van der Waals surface area contributed by atoms with Crippen molar-refractivity contribution in [2.75, 3.05) is 19.0 Å². The van der Waals surface area contributed by atoms with Crippen molar-refractivity contribution in [1.29, 1.82) is 0 Å². The Kier molecular flexibility index (Phi) is 4.09. The molecule has 0 bridgehead atoms. The van der Waals surface area contributed by atoms with Gasteiger partial charge in [0.05, 0.1) is 0 Å². The Morgan fingerprint density at radius 1 is 1.33 bits per heavy atom. The summed E-state index contributed by atoms with van der Waals surface area (Å²) < 4.78 is 13.1. The highest BCUT2D eigenvalue weighted by molar-refractivity contribution is 5.52. The van der Waals surface area contributed by atoms with Crippen LogP contribution in [0.1, 0.15) is 19.4 Å². The zero-order chi connectivity index (χ0) is 11.4. The molecule has 0 saturated carbocycles. The van der Waals surface area contributed by atoms with Crippen molar-refractivity contribution >= 4 is 5.69 Å². The molecule has 0 aliphatic carbocycles. The van der Waals surface area contributed by atoms with Crippen molar-refractivity contribution < 1.29 is 4.39 Å². The number of rotatable bonds is 4. The van der Waals surface area contributed by atoms with E-state index in [2.05, 4.69) is 19.2 Å². The molecule has 0 atom stereocenters. The van der Waals surface area contributed by atoms with Crippen molar-refractivity contribution in [3.05, 3.63) is 29.6 Å². The molecule has 0 unspecified atom stereocenters. The van der Waals surface area contributed by atoms with E-state index in [1.165, 1.54) is 6.07 Å². The first kappa shape index (κ1) is 12.0. The maximum absolute atomic E-state index is 13.1. The van der Waals surface area contributed by atoms with E-state index in [4.69, 9.17) is 0 Å². The molecule has 1 aromatic rings. The maximum Gasteiger partial charge on any atom is 0.123 e. The molecule has 0 aliphatic heterocycles. The minimum atomic E-state index is -0.179. The molecule has 1 N–H and O–H groups in total. The summed E-state index contributed by atoms with van der Waals surface area (Å²) in [5.41, 5.74) is 2.05. The molecule has 3 heteroatoms. The Hall–Kier alpha value is -1.09. The topological polar surface area (TPSA) is 15.3 Å². The van der Waals surface area contributed by atoms with Crippen LogP contribution >= 0.6 is 0 Å². The van der Waals surface area contributed by atoms with Gasteiger partial charge in [0.2, 0.25) is 0 Å². The van der Waals surface area contributed by atoms with E-state index < -0.39 is 0 Å². The minimum absolute atomic E-state index is 0.179. The fourth-order valence-corrected chi connectivity index (χ4v) is 1.45. The van der Waals surface area contributed by atoms with Gasteiger partial charge < -0.3 is 10.2 Å². The molecule has 1 rings (SSSR count). The van der Waals surface area contributed by atoms with Crippen molar-refractivity contribution in [3.63, 3.8) is 0 Å². The molecule has 84 valence electrons. The van der Waals surface area contributed by atoms with Gasteiger partial charge in [-0.15, -0.1) is 0 Å². The van der Waals surface area contributed by atoms with E-state index in [1.807, 2.05) is 25.1 Å². The predicted octanol–water partition coefficient (Wildman–Crippen LogP) is 2.39. The van der Waals surface area contributed by atoms with E-state index in [9.17, 15) is 4.39 Å². The van der Waals surface area contributed by atoms with Crippen molar-refractivity contribution in [3.8, 4) is 0 Å². The Morgan fingerprint density at radius 2 is 2.00 bits per heavy atom. The van der Waals surface area contributed by atoms with Crippen molar-refractivity contribution in [2.24, 2.45) is 0 Å². The van der Waals surface area contributed by atoms with Crippen LogP contribution in [0.5, 0.6) is 0 Å². The van der Waals surface area contributed by atoms with Crippen LogP contribution in [0.4, 0.5) is 10.1 Å². The number of nitrogens with one attached hydrogen (secondary N) is 1. The van der Waals surface area contributed by atoms with Crippen LogP contribution in [0, 0.1) is 5.82 Å². The van der Waals surface area contributed by atoms with Crippen LogP contribution in [-0.4, -0.2) is 20.1 Å². The van der Waals surface area contributed by atoms with Crippen LogP contribution in [-0.2, 0) is 6.54 Å². The second-order valence-electron chi connectivity index (χ2n) is 4.20. The first-order valence-corrected chi connectivity index (χ1v) is 5.20. The Balaban J connectivity index is 2.87. The van der Waals surface area contributed by atoms with Crippen LogP contribution < -0.4 is 10.2 Å².